The summed E-state index contributed by atoms with van der Waals surface area (Å²) in [7, 11) is 0. The van der Waals surface area contributed by atoms with Crippen LogP contribution in [0.3, 0.4) is 0 Å². The van der Waals surface area contributed by atoms with Gasteiger partial charge in [-0.1, -0.05) is 98.1 Å². The molecule has 1 saturated carbocycles. The molecule has 0 amide bonds. The van der Waals surface area contributed by atoms with Crippen molar-refractivity contribution in [2.45, 2.75) is 112 Å². The molecule has 1 unspecified atom stereocenters. The van der Waals surface area contributed by atoms with Crippen LogP contribution in [0.5, 0.6) is 5.75 Å². The lowest BCUT2D eigenvalue weighted by Crippen LogP contribution is -2.14. The van der Waals surface area contributed by atoms with E-state index in [-0.39, 0.29) is 5.41 Å². The maximum absolute atomic E-state index is 11.0. The predicted molar refractivity (Wildman–Crippen MR) is 151 cm³/mol. The molecule has 188 valence electrons. The van der Waals surface area contributed by atoms with E-state index in [4.69, 9.17) is 4.99 Å². The number of hydrogen-bond acceptors (Lipinski definition) is 2. The van der Waals surface area contributed by atoms with E-state index >= 15 is 0 Å². The van der Waals surface area contributed by atoms with Crippen molar-refractivity contribution in [2.75, 3.05) is 0 Å². The summed E-state index contributed by atoms with van der Waals surface area (Å²) in [6.45, 7) is 17.8. The smallest absolute Gasteiger partial charge is 0.128 e. The molecule has 1 aromatic carbocycles. The van der Waals surface area contributed by atoms with Gasteiger partial charge in [0.2, 0.25) is 0 Å². The molecule has 0 aliphatic heterocycles. The maximum atomic E-state index is 11.0. The number of aliphatic imine (C=N–C) groups is 1. The molecule has 1 aliphatic carbocycles. The average Bonchev–Trinajstić information content (AvgIpc) is 2.76. The zero-order valence-corrected chi connectivity index (χ0v) is 23.1. The third-order valence-corrected chi connectivity index (χ3v) is 6.73. The zero-order valence-electron chi connectivity index (χ0n) is 23.1. The Morgan fingerprint density at radius 2 is 1.76 bits per heavy atom. The van der Waals surface area contributed by atoms with Crippen molar-refractivity contribution in [3.8, 4) is 5.75 Å². The van der Waals surface area contributed by atoms with Gasteiger partial charge in [0, 0.05) is 23.4 Å². The summed E-state index contributed by atoms with van der Waals surface area (Å²) in [5.41, 5.74) is 4.44. The van der Waals surface area contributed by atoms with Gasteiger partial charge in [-0.25, -0.2) is 0 Å². The lowest BCUT2D eigenvalue weighted by Gasteiger charge is -2.26. The summed E-state index contributed by atoms with van der Waals surface area (Å²) >= 11 is 0. The first-order valence-electron chi connectivity index (χ1n) is 13.4. The highest BCUT2D eigenvalue weighted by Crippen LogP contribution is 2.35. The third kappa shape index (κ3) is 8.93. The van der Waals surface area contributed by atoms with E-state index < -0.39 is 0 Å². The molecule has 2 nitrogen and oxygen atoms in total. The fourth-order valence-corrected chi connectivity index (χ4v) is 4.89. The van der Waals surface area contributed by atoms with E-state index in [0.29, 0.717) is 23.1 Å². The van der Waals surface area contributed by atoms with Crippen LogP contribution in [-0.2, 0) is 5.41 Å². The quantitative estimate of drug-likeness (QED) is 0.302. The fraction of sp³-hybridized carbons (Fsp3) is 0.594. The van der Waals surface area contributed by atoms with E-state index in [1.165, 1.54) is 31.3 Å². The van der Waals surface area contributed by atoms with Crippen molar-refractivity contribution in [1.29, 1.82) is 0 Å². The first-order valence-corrected chi connectivity index (χ1v) is 13.4. The minimum Gasteiger partial charge on any atom is -0.507 e. The molecule has 0 radical (unpaired) electrons. The van der Waals surface area contributed by atoms with E-state index in [0.717, 1.165) is 36.0 Å². The Hall–Kier alpha value is -2.09. The Balaban J connectivity index is 2.39. The maximum Gasteiger partial charge on any atom is 0.128 e. The Bertz CT molecular complexity index is 896. The van der Waals surface area contributed by atoms with Crippen LogP contribution in [0.15, 0.2) is 47.0 Å². The second-order valence-electron chi connectivity index (χ2n) is 12.2. The van der Waals surface area contributed by atoms with Crippen LogP contribution < -0.4 is 0 Å². The number of nitrogens with zero attached hydrogens (tertiary/aromatic N) is 1. The van der Waals surface area contributed by atoms with E-state index in [9.17, 15) is 5.11 Å². The Morgan fingerprint density at radius 3 is 2.32 bits per heavy atom. The summed E-state index contributed by atoms with van der Waals surface area (Å²) in [6, 6.07) is 4.59. The van der Waals surface area contributed by atoms with Crippen LogP contribution in [-0.4, -0.2) is 17.4 Å². The zero-order chi connectivity index (χ0) is 25.4. The molecule has 2 heteroatoms. The minimum atomic E-state index is -0.146. The highest BCUT2D eigenvalue weighted by molar-refractivity contribution is 5.86. The number of phenols is 1. The van der Waals surface area contributed by atoms with Gasteiger partial charge < -0.3 is 5.11 Å². The van der Waals surface area contributed by atoms with E-state index in [1.54, 1.807) is 0 Å². The molecular weight excluding hydrogens is 414 g/mol. The van der Waals surface area contributed by atoms with Crippen LogP contribution in [0.25, 0.3) is 6.08 Å². The van der Waals surface area contributed by atoms with Crippen LogP contribution in [0.2, 0.25) is 0 Å². The molecule has 1 atom stereocenters. The van der Waals surface area contributed by atoms with Gasteiger partial charge in [-0.2, -0.15) is 0 Å². The molecule has 34 heavy (non-hydrogen) atoms. The molecule has 0 bridgehead atoms. The minimum absolute atomic E-state index is 0.146. The monoisotopic (exact) mass is 463 g/mol. The van der Waals surface area contributed by atoms with Crippen LogP contribution in [0.1, 0.15) is 117 Å². The number of hydrogen-bond donors (Lipinski definition) is 1. The largest absolute Gasteiger partial charge is 0.507 e. The lowest BCUT2D eigenvalue weighted by molar-refractivity contribution is 0.315. The first-order chi connectivity index (χ1) is 15.9. The summed E-state index contributed by atoms with van der Waals surface area (Å²) in [4.78, 5) is 4.85. The van der Waals surface area contributed by atoms with Gasteiger partial charge in [0.1, 0.15) is 5.75 Å². The molecule has 0 aromatic heterocycles. The lowest BCUT2D eigenvalue weighted by atomic mass is 9.79. The van der Waals surface area contributed by atoms with Crippen molar-refractivity contribution in [3.05, 3.63) is 58.7 Å². The normalized spacial score (nSPS) is 17.9. The number of benzene rings is 1. The van der Waals surface area contributed by atoms with Crippen LogP contribution in [0.4, 0.5) is 0 Å². The summed E-state index contributed by atoms with van der Waals surface area (Å²) < 4.78 is 0. The van der Waals surface area contributed by atoms with Crippen LogP contribution in [0, 0.1) is 11.3 Å². The topological polar surface area (TPSA) is 32.6 Å². The molecule has 1 N–H and O–H groups in total. The molecular formula is C32H49NO. The average molecular weight is 464 g/mol. The van der Waals surface area contributed by atoms with Crippen molar-refractivity contribution < 1.29 is 5.11 Å². The predicted octanol–water partition coefficient (Wildman–Crippen LogP) is 9.42. The number of rotatable bonds is 8. The Labute approximate surface area is 210 Å². The Kier molecular flexibility index (Phi) is 10.4. The van der Waals surface area contributed by atoms with Gasteiger partial charge in [0.05, 0.1) is 0 Å². The second kappa shape index (κ2) is 12.6. The number of aromatic hydroxyl groups is 1. The third-order valence-electron chi connectivity index (χ3n) is 6.73. The van der Waals surface area contributed by atoms with E-state index in [2.05, 4.69) is 97.9 Å². The van der Waals surface area contributed by atoms with Gasteiger partial charge >= 0.3 is 0 Å². The molecule has 0 spiro atoms. The van der Waals surface area contributed by atoms with Gasteiger partial charge in [0.15, 0.2) is 0 Å². The Morgan fingerprint density at radius 1 is 1.09 bits per heavy atom. The fourth-order valence-electron chi connectivity index (χ4n) is 4.89. The highest BCUT2D eigenvalue weighted by atomic mass is 16.3. The van der Waals surface area contributed by atoms with Crippen molar-refractivity contribution in [3.63, 3.8) is 0 Å². The first kappa shape index (κ1) is 28.1. The number of allylic oxidation sites excluding steroid dienone is 5. The van der Waals surface area contributed by atoms with Gasteiger partial charge in [-0.15, -0.1) is 0 Å². The molecule has 1 fully saturated rings. The second-order valence-corrected chi connectivity index (χ2v) is 12.2. The standard InChI is InChI=1S/C32H49NO/c1-9-15-26(25(10-2)22-31(3,4)5)17-14-16-24-20-27(23-33-28-18-12-11-13-19-28)30(34)29(21-24)32(6,7)8/h9,14-17,20-21,23,25,28,34H,10-13,18-19,22H2,1-8H3/b15-9-,16-14+,26-17+,33-23?. The van der Waals surface area contributed by atoms with Gasteiger partial charge in [0.25, 0.3) is 0 Å². The summed E-state index contributed by atoms with van der Waals surface area (Å²) in [5, 5.41) is 11.0. The number of phenolic OH excluding ortho intramolecular Hbond substituents is 1. The molecule has 1 aromatic rings. The highest BCUT2D eigenvalue weighted by Gasteiger charge is 2.21. The van der Waals surface area contributed by atoms with Crippen LogP contribution >= 0.6 is 0 Å². The van der Waals surface area contributed by atoms with Crippen molar-refractivity contribution >= 4 is 12.3 Å². The summed E-state index contributed by atoms with van der Waals surface area (Å²) in [5.74, 6) is 0.912. The van der Waals surface area contributed by atoms with Crippen molar-refractivity contribution in [2.24, 2.45) is 16.3 Å². The van der Waals surface area contributed by atoms with Crippen molar-refractivity contribution in [1.82, 2.24) is 0 Å². The van der Waals surface area contributed by atoms with Gasteiger partial charge in [-0.05, 0) is 72.6 Å². The molecule has 1 aliphatic rings. The molecule has 0 heterocycles. The van der Waals surface area contributed by atoms with Gasteiger partial charge in [-0.3, -0.25) is 4.99 Å². The SMILES string of the molecule is C\C=C/C(=C\C=C\c1cc(C=NC2CCCCC2)c(O)c(C(C)(C)C)c1)C(CC)CC(C)(C)C. The van der Waals surface area contributed by atoms with E-state index in [1.807, 2.05) is 6.21 Å². The molecule has 2 rings (SSSR count). The summed E-state index contributed by atoms with van der Waals surface area (Å²) in [6.07, 6.45) is 21.4. The molecule has 0 saturated heterocycles.